The van der Waals surface area contributed by atoms with Gasteiger partial charge in [0.2, 0.25) is 5.78 Å². The highest BCUT2D eigenvalue weighted by Gasteiger charge is 2.71. The van der Waals surface area contributed by atoms with Crippen molar-refractivity contribution in [3.8, 4) is 0 Å². The molecule has 1 aromatic rings. The molecule has 0 unspecified atom stereocenters. The Hall–Kier alpha value is -3.00. The summed E-state index contributed by atoms with van der Waals surface area (Å²) in [6.07, 6.45) is 1.85. The Morgan fingerprint density at radius 1 is 1.05 bits per heavy atom. The molecule has 1 heterocycles. The quantitative estimate of drug-likeness (QED) is 0.301. The topological polar surface area (TPSA) is 108 Å². The molecule has 0 aromatic heterocycles. The average molecular weight is 553 g/mol. The molecule has 3 fully saturated rings. The van der Waals surface area contributed by atoms with E-state index in [9.17, 15) is 19.2 Å². The summed E-state index contributed by atoms with van der Waals surface area (Å²) < 4.78 is 24.2. The van der Waals surface area contributed by atoms with Gasteiger partial charge in [-0.05, 0) is 54.1 Å². The van der Waals surface area contributed by atoms with E-state index in [0.29, 0.717) is 24.5 Å². The molecule has 1 aliphatic heterocycles. The van der Waals surface area contributed by atoms with E-state index in [0.717, 1.165) is 12.0 Å². The first-order valence-electron chi connectivity index (χ1n) is 14.3. The Labute approximate surface area is 235 Å². The Balaban J connectivity index is 1.61. The fourth-order valence-corrected chi connectivity index (χ4v) is 7.55. The summed E-state index contributed by atoms with van der Waals surface area (Å²) in [5.74, 6) is -2.72. The Kier molecular flexibility index (Phi) is 7.22. The number of esters is 3. The third-order valence-corrected chi connectivity index (χ3v) is 9.71. The predicted molar refractivity (Wildman–Crippen MR) is 145 cm³/mol. The maximum absolute atomic E-state index is 14.5. The largest absolute Gasteiger partial charge is 0.461 e. The molecule has 0 bridgehead atoms. The van der Waals surface area contributed by atoms with Crippen LogP contribution in [0.25, 0.3) is 0 Å². The van der Waals surface area contributed by atoms with E-state index in [1.165, 1.54) is 13.8 Å². The maximum Gasteiger partial charge on any atom is 0.310 e. The second-order valence-electron chi connectivity index (χ2n) is 12.9. The van der Waals surface area contributed by atoms with E-state index in [1.54, 1.807) is 6.92 Å². The summed E-state index contributed by atoms with van der Waals surface area (Å²) in [4.78, 5) is 52.9. The van der Waals surface area contributed by atoms with E-state index in [2.05, 4.69) is 13.8 Å². The molecule has 0 radical (unpaired) electrons. The lowest BCUT2D eigenvalue weighted by atomic mass is 9.74. The highest BCUT2D eigenvalue weighted by Crippen LogP contribution is 2.64. The molecule has 1 aromatic carbocycles. The lowest BCUT2D eigenvalue weighted by molar-refractivity contribution is -0.190. The molecule has 0 N–H and O–H groups in total. The van der Waals surface area contributed by atoms with Gasteiger partial charge in [0.1, 0.15) is 17.8 Å². The van der Waals surface area contributed by atoms with Gasteiger partial charge in [-0.2, -0.15) is 0 Å². The SMILES string of the molecule is CC(=O)O[C@@H]1[C@H]2[C@@H](OC(=O)Cc3ccccc3)[C@@H](C)C[C@]2(OC(C)=O)C(=O)C(C)=C[C@@H]2[C@H](CC[C@@]13CO3)C2(C)C. The number of ketones is 1. The van der Waals surface area contributed by atoms with Gasteiger partial charge < -0.3 is 18.9 Å². The molecule has 8 nitrogen and oxygen atoms in total. The van der Waals surface area contributed by atoms with Gasteiger partial charge in [0.05, 0.1) is 18.9 Å². The summed E-state index contributed by atoms with van der Waals surface area (Å²) in [5.41, 5.74) is -1.22. The molecule has 8 heteroatoms. The fourth-order valence-electron chi connectivity index (χ4n) is 7.55. The van der Waals surface area contributed by atoms with Gasteiger partial charge in [-0.3, -0.25) is 19.2 Å². The van der Waals surface area contributed by atoms with Crippen molar-refractivity contribution in [3.63, 3.8) is 0 Å². The van der Waals surface area contributed by atoms with Crippen molar-refractivity contribution < 1.29 is 38.1 Å². The minimum atomic E-state index is -1.68. The number of carbonyl (C=O) groups excluding carboxylic acids is 4. The van der Waals surface area contributed by atoms with E-state index in [1.807, 2.05) is 43.3 Å². The first-order chi connectivity index (χ1) is 18.8. The van der Waals surface area contributed by atoms with E-state index >= 15 is 0 Å². The van der Waals surface area contributed by atoms with Crippen LogP contribution in [0, 0.1) is 29.1 Å². The van der Waals surface area contributed by atoms with Crippen molar-refractivity contribution in [2.24, 2.45) is 29.1 Å². The van der Waals surface area contributed by atoms with Gasteiger partial charge in [-0.1, -0.05) is 57.2 Å². The van der Waals surface area contributed by atoms with Crippen LogP contribution in [0.4, 0.5) is 0 Å². The summed E-state index contributed by atoms with van der Waals surface area (Å²) in [6.45, 7) is 11.0. The Morgan fingerprint density at radius 2 is 1.73 bits per heavy atom. The normalized spacial score (nSPS) is 37.8. The van der Waals surface area contributed by atoms with Crippen molar-refractivity contribution in [2.45, 2.75) is 90.6 Å². The molecule has 4 aliphatic rings. The van der Waals surface area contributed by atoms with Gasteiger partial charge in [0, 0.05) is 20.3 Å². The van der Waals surface area contributed by atoms with Crippen molar-refractivity contribution in [3.05, 3.63) is 47.5 Å². The van der Waals surface area contributed by atoms with Crippen LogP contribution in [-0.4, -0.2) is 53.7 Å². The minimum Gasteiger partial charge on any atom is -0.461 e. The van der Waals surface area contributed by atoms with Crippen molar-refractivity contribution >= 4 is 23.7 Å². The first-order valence-corrected chi connectivity index (χ1v) is 14.3. The lowest BCUT2D eigenvalue weighted by Gasteiger charge is -2.41. The molecule has 1 spiro atoms. The van der Waals surface area contributed by atoms with Crippen molar-refractivity contribution in [1.82, 2.24) is 0 Å². The van der Waals surface area contributed by atoms with Crippen LogP contribution in [0.5, 0.6) is 0 Å². The Bertz CT molecular complexity index is 1230. The molecule has 40 heavy (non-hydrogen) atoms. The average Bonchev–Trinajstić information content (AvgIpc) is 3.73. The second kappa shape index (κ2) is 10.1. The number of hydrogen-bond donors (Lipinski definition) is 0. The van der Waals surface area contributed by atoms with E-state index < -0.39 is 47.2 Å². The number of ether oxygens (including phenoxy) is 4. The molecule has 0 amide bonds. The van der Waals surface area contributed by atoms with E-state index in [-0.39, 0.29) is 35.9 Å². The fraction of sp³-hybridized carbons (Fsp3) is 0.625. The zero-order valence-corrected chi connectivity index (χ0v) is 24.2. The molecule has 5 rings (SSSR count). The zero-order chi connectivity index (χ0) is 29.0. The summed E-state index contributed by atoms with van der Waals surface area (Å²) >= 11 is 0. The van der Waals surface area contributed by atoms with Crippen LogP contribution in [0.3, 0.4) is 0 Å². The van der Waals surface area contributed by atoms with Gasteiger partial charge in [0.15, 0.2) is 5.60 Å². The maximum atomic E-state index is 14.5. The Morgan fingerprint density at radius 3 is 2.33 bits per heavy atom. The number of benzene rings is 1. The second-order valence-corrected chi connectivity index (χ2v) is 12.9. The van der Waals surface area contributed by atoms with Gasteiger partial charge in [-0.25, -0.2) is 0 Å². The number of fused-ring (bicyclic) bond motifs is 2. The lowest BCUT2D eigenvalue weighted by Crippen LogP contribution is -2.58. The summed E-state index contributed by atoms with van der Waals surface area (Å²) in [6, 6.07) is 9.25. The number of rotatable bonds is 5. The van der Waals surface area contributed by atoms with Crippen LogP contribution < -0.4 is 0 Å². The van der Waals surface area contributed by atoms with Crippen molar-refractivity contribution in [2.75, 3.05) is 6.61 Å². The molecular weight excluding hydrogens is 512 g/mol. The first kappa shape index (κ1) is 28.5. The predicted octanol–water partition coefficient (Wildman–Crippen LogP) is 4.38. The number of hydrogen-bond acceptors (Lipinski definition) is 8. The highest BCUT2D eigenvalue weighted by atomic mass is 16.6. The van der Waals surface area contributed by atoms with Gasteiger partial charge >= 0.3 is 17.9 Å². The number of Topliss-reactive ketones (excluding diaryl/α,β-unsaturated/α-hetero) is 1. The minimum absolute atomic E-state index is 0.0141. The third-order valence-electron chi connectivity index (χ3n) is 9.71. The van der Waals surface area contributed by atoms with Gasteiger partial charge in [0.25, 0.3) is 0 Å². The zero-order valence-electron chi connectivity index (χ0n) is 24.2. The molecular formula is C32H40O8. The summed E-state index contributed by atoms with van der Waals surface area (Å²) in [7, 11) is 0. The van der Waals surface area contributed by atoms with Gasteiger partial charge in [-0.15, -0.1) is 0 Å². The molecule has 216 valence electrons. The number of allylic oxidation sites excluding steroid dienone is 1. The number of epoxide rings is 1. The van der Waals surface area contributed by atoms with Crippen LogP contribution in [0.2, 0.25) is 0 Å². The molecule has 8 atom stereocenters. The van der Waals surface area contributed by atoms with Crippen LogP contribution >= 0.6 is 0 Å². The van der Waals surface area contributed by atoms with Crippen LogP contribution in [-0.2, 0) is 44.5 Å². The summed E-state index contributed by atoms with van der Waals surface area (Å²) in [5, 5.41) is 0. The van der Waals surface area contributed by atoms with Crippen LogP contribution in [0.1, 0.15) is 66.4 Å². The van der Waals surface area contributed by atoms with E-state index in [4.69, 9.17) is 18.9 Å². The number of carbonyl (C=O) groups is 4. The van der Waals surface area contributed by atoms with Crippen molar-refractivity contribution in [1.29, 1.82) is 0 Å². The molecule has 1 saturated heterocycles. The standard InChI is InChI=1S/C32H40O8/c1-18-14-24-23(30(24,5)6)12-13-31(17-37-31)29(38-20(3)33)26-27(39-25(35)15-22-10-8-7-9-11-22)19(2)16-32(26,28(18)36)40-21(4)34/h7-11,14,19,23-24,26-27,29H,12-13,15-17H2,1-6H3/t19-,23-,24+,26+,27-,29+,31+,32+/m0/s1. The molecule has 2 saturated carbocycles. The smallest absolute Gasteiger partial charge is 0.310 e. The highest BCUT2D eigenvalue weighted by molar-refractivity contribution is 6.03. The van der Waals surface area contributed by atoms with Crippen LogP contribution in [0.15, 0.2) is 42.0 Å². The monoisotopic (exact) mass is 552 g/mol. The molecule has 3 aliphatic carbocycles. The third kappa shape index (κ3) is 5.00.